The van der Waals surface area contributed by atoms with E-state index in [-0.39, 0.29) is 0 Å². The first kappa shape index (κ1) is 24.0. The zero-order valence-corrected chi connectivity index (χ0v) is 23.3. The molecule has 0 saturated heterocycles. The van der Waals surface area contributed by atoms with E-state index in [1.807, 2.05) is 36.4 Å². The second kappa shape index (κ2) is 10.5. The molecule has 0 spiro atoms. The van der Waals surface area contributed by atoms with Crippen molar-refractivity contribution >= 4 is 65.5 Å². The highest BCUT2D eigenvalue weighted by molar-refractivity contribution is 9.10. The van der Waals surface area contributed by atoms with Gasteiger partial charge in [-0.15, -0.1) is 11.3 Å². The Balaban J connectivity index is 1.68. The fourth-order valence-corrected chi connectivity index (χ4v) is 5.43. The average molecular weight is 609 g/mol. The SMILES string of the molecule is CCN(CC)c1ccc2cc(-c3nc(-c4ccc(Br)cc4)cs3)c(=Nc3cccc(Br)c3)oc2c1. The number of rotatable bonds is 6. The zero-order chi connectivity index (χ0) is 24.4. The summed E-state index contributed by atoms with van der Waals surface area (Å²) in [7, 11) is 0. The van der Waals surface area contributed by atoms with Crippen LogP contribution in [-0.2, 0) is 0 Å². The molecular formula is C28H23Br2N3OS. The third-order valence-corrected chi connectivity index (χ3v) is 7.67. The van der Waals surface area contributed by atoms with Crippen LogP contribution < -0.4 is 10.5 Å². The van der Waals surface area contributed by atoms with E-state index in [9.17, 15) is 0 Å². The lowest BCUT2D eigenvalue weighted by Gasteiger charge is -2.21. The van der Waals surface area contributed by atoms with E-state index in [4.69, 9.17) is 14.4 Å². The number of thiazole rings is 1. The van der Waals surface area contributed by atoms with Crippen LogP contribution in [0.4, 0.5) is 11.4 Å². The Hall–Kier alpha value is -2.74. The molecule has 5 aromatic rings. The Labute approximate surface area is 225 Å². The maximum absolute atomic E-state index is 6.45. The van der Waals surface area contributed by atoms with Crippen LogP contribution in [0.1, 0.15) is 13.8 Å². The maximum atomic E-state index is 6.45. The fourth-order valence-electron chi connectivity index (χ4n) is 3.94. The van der Waals surface area contributed by atoms with Gasteiger partial charge in [-0.05, 0) is 62.4 Å². The monoisotopic (exact) mass is 607 g/mol. The van der Waals surface area contributed by atoms with Crippen LogP contribution in [0.15, 0.2) is 96.5 Å². The largest absolute Gasteiger partial charge is 0.438 e. The Bertz CT molecular complexity index is 1550. The van der Waals surface area contributed by atoms with Crippen molar-refractivity contribution in [2.45, 2.75) is 13.8 Å². The van der Waals surface area contributed by atoms with Crippen molar-refractivity contribution in [3.8, 4) is 21.8 Å². The number of nitrogens with zero attached hydrogens (tertiary/aromatic N) is 3. The summed E-state index contributed by atoms with van der Waals surface area (Å²) >= 11 is 8.64. The Morgan fingerprint density at radius 2 is 1.71 bits per heavy atom. The molecule has 4 nitrogen and oxygen atoms in total. The quantitative estimate of drug-likeness (QED) is 0.193. The highest BCUT2D eigenvalue weighted by Crippen LogP contribution is 2.31. The van der Waals surface area contributed by atoms with Crippen LogP contribution in [0.5, 0.6) is 0 Å². The first-order valence-corrected chi connectivity index (χ1v) is 13.9. The van der Waals surface area contributed by atoms with Gasteiger partial charge in [0.05, 0.1) is 16.9 Å². The van der Waals surface area contributed by atoms with Gasteiger partial charge in [0.15, 0.2) is 0 Å². The Morgan fingerprint density at radius 3 is 2.46 bits per heavy atom. The van der Waals surface area contributed by atoms with Crippen molar-refractivity contribution in [1.82, 2.24) is 4.98 Å². The molecule has 3 aromatic carbocycles. The molecule has 2 heterocycles. The molecule has 2 aromatic heterocycles. The second-order valence-corrected chi connectivity index (χ2v) is 10.7. The molecule has 0 saturated carbocycles. The Kier molecular flexibility index (Phi) is 7.18. The number of anilines is 1. The fraction of sp³-hybridized carbons (Fsp3) is 0.143. The molecule has 35 heavy (non-hydrogen) atoms. The average Bonchev–Trinajstić information content (AvgIpc) is 3.35. The summed E-state index contributed by atoms with van der Waals surface area (Å²) < 4.78 is 8.47. The third kappa shape index (κ3) is 5.27. The predicted molar refractivity (Wildman–Crippen MR) is 153 cm³/mol. The standard InChI is InChI=1S/C28H23Br2N3OS/c1-3-33(4-2)23-13-10-19-14-24(28-32-25(17-35-28)18-8-11-20(29)12-9-18)27(34-26(19)16-23)31-22-7-5-6-21(30)15-22/h5-17H,3-4H2,1-2H3. The van der Waals surface area contributed by atoms with Gasteiger partial charge in [0.25, 0.3) is 0 Å². The van der Waals surface area contributed by atoms with Gasteiger partial charge in [0.2, 0.25) is 5.55 Å². The van der Waals surface area contributed by atoms with E-state index in [0.29, 0.717) is 5.55 Å². The van der Waals surface area contributed by atoms with Crippen LogP contribution in [0.25, 0.3) is 32.8 Å². The van der Waals surface area contributed by atoms with E-state index in [0.717, 1.165) is 66.2 Å². The molecule has 5 rings (SSSR count). The first-order valence-electron chi connectivity index (χ1n) is 11.4. The molecule has 0 fully saturated rings. The molecule has 0 atom stereocenters. The van der Waals surface area contributed by atoms with Gasteiger partial charge in [-0.2, -0.15) is 0 Å². The number of fused-ring (bicyclic) bond motifs is 1. The lowest BCUT2D eigenvalue weighted by molar-refractivity contribution is 0.547. The summed E-state index contributed by atoms with van der Waals surface area (Å²) in [6.07, 6.45) is 0. The summed E-state index contributed by atoms with van der Waals surface area (Å²) in [5.41, 5.74) is 6.18. The van der Waals surface area contributed by atoms with E-state index in [1.54, 1.807) is 11.3 Å². The topological polar surface area (TPSA) is 41.6 Å². The highest BCUT2D eigenvalue weighted by atomic mass is 79.9. The smallest absolute Gasteiger partial charge is 0.230 e. The second-order valence-electron chi connectivity index (χ2n) is 8.00. The van der Waals surface area contributed by atoms with Crippen molar-refractivity contribution < 1.29 is 4.42 Å². The molecule has 0 aliphatic carbocycles. The lowest BCUT2D eigenvalue weighted by Crippen LogP contribution is -2.21. The zero-order valence-electron chi connectivity index (χ0n) is 19.3. The molecular weight excluding hydrogens is 586 g/mol. The van der Waals surface area contributed by atoms with Gasteiger partial charge in [-0.1, -0.05) is 50.1 Å². The van der Waals surface area contributed by atoms with Crippen molar-refractivity contribution in [2.24, 2.45) is 4.99 Å². The summed E-state index contributed by atoms with van der Waals surface area (Å²) in [4.78, 5) is 12.1. The van der Waals surface area contributed by atoms with Crippen LogP contribution >= 0.6 is 43.2 Å². The first-order chi connectivity index (χ1) is 17.0. The minimum Gasteiger partial charge on any atom is -0.438 e. The van der Waals surface area contributed by atoms with Gasteiger partial charge in [-0.3, -0.25) is 0 Å². The van der Waals surface area contributed by atoms with E-state index in [1.165, 1.54) is 0 Å². The summed E-state index contributed by atoms with van der Waals surface area (Å²) in [6, 6.07) is 24.6. The van der Waals surface area contributed by atoms with Crippen LogP contribution in [0.3, 0.4) is 0 Å². The number of aromatic nitrogens is 1. The third-order valence-electron chi connectivity index (χ3n) is 5.78. The number of benzene rings is 3. The molecule has 0 amide bonds. The molecule has 0 radical (unpaired) electrons. The van der Waals surface area contributed by atoms with Gasteiger partial charge in [0, 0.05) is 50.1 Å². The molecule has 0 unspecified atom stereocenters. The summed E-state index contributed by atoms with van der Waals surface area (Å²) in [6.45, 7) is 6.20. The molecule has 7 heteroatoms. The van der Waals surface area contributed by atoms with E-state index < -0.39 is 0 Å². The minimum absolute atomic E-state index is 0.545. The van der Waals surface area contributed by atoms with Gasteiger partial charge >= 0.3 is 0 Å². The maximum Gasteiger partial charge on any atom is 0.230 e. The predicted octanol–water partition coefficient (Wildman–Crippen LogP) is 8.83. The van der Waals surface area contributed by atoms with Gasteiger partial charge in [-0.25, -0.2) is 9.98 Å². The van der Waals surface area contributed by atoms with Crippen molar-refractivity contribution in [2.75, 3.05) is 18.0 Å². The van der Waals surface area contributed by atoms with E-state index >= 15 is 0 Å². The summed E-state index contributed by atoms with van der Waals surface area (Å²) in [5, 5.41) is 3.97. The van der Waals surface area contributed by atoms with Crippen molar-refractivity contribution in [3.63, 3.8) is 0 Å². The van der Waals surface area contributed by atoms with Crippen molar-refractivity contribution in [3.05, 3.63) is 92.7 Å². The number of hydrogen-bond acceptors (Lipinski definition) is 5. The Morgan fingerprint density at radius 1 is 0.914 bits per heavy atom. The number of halogens is 2. The van der Waals surface area contributed by atoms with Crippen LogP contribution in [0.2, 0.25) is 0 Å². The van der Waals surface area contributed by atoms with E-state index in [2.05, 4.69) is 92.4 Å². The lowest BCUT2D eigenvalue weighted by atomic mass is 10.1. The van der Waals surface area contributed by atoms with Gasteiger partial charge < -0.3 is 9.32 Å². The van der Waals surface area contributed by atoms with Crippen LogP contribution in [-0.4, -0.2) is 18.1 Å². The van der Waals surface area contributed by atoms with Crippen molar-refractivity contribution in [1.29, 1.82) is 0 Å². The molecule has 0 N–H and O–H groups in total. The molecule has 0 aliphatic rings. The number of hydrogen-bond donors (Lipinski definition) is 0. The molecule has 176 valence electrons. The van der Waals surface area contributed by atoms with Crippen LogP contribution in [0, 0.1) is 0 Å². The molecule has 0 bridgehead atoms. The minimum atomic E-state index is 0.545. The molecule has 0 aliphatic heterocycles. The highest BCUT2D eigenvalue weighted by Gasteiger charge is 2.14. The van der Waals surface area contributed by atoms with Gasteiger partial charge in [0.1, 0.15) is 10.6 Å². The summed E-state index contributed by atoms with van der Waals surface area (Å²) in [5.74, 6) is 0. The normalized spacial score (nSPS) is 11.8.